The molecular weight excluding hydrogens is 490 g/mol. The van der Waals surface area contributed by atoms with Gasteiger partial charge in [0.15, 0.2) is 17.0 Å². The number of alkyl halides is 2. The zero-order valence-corrected chi connectivity index (χ0v) is 21.0. The van der Waals surface area contributed by atoms with Crippen molar-refractivity contribution in [2.75, 3.05) is 6.61 Å². The van der Waals surface area contributed by atoms with Crippen LogP contribution in [0.15, 0.2) is 41.3 Å². The second-order valence-corrected chi connectivity index (χ2v) is 9.71. The summed E-state index contributed by atoms with van der Waals surface area (Å²) in [7, 11) is 0. The molecule has 1 aromatic carbocycles. The molecule has 1 aliphatic carbocycles. The first-order chi connectivity index (χ1) is 17.4. The van der Waals surface area contributed by atoms with Crippen molar-refractivity contribution >= 4 is 16.8 Å². The molecule has 6 nitrogen and oxygen atoms in total. The Morgan fingerprint density at radius 1 is 1.27 bits per heavy atom. The number of nitrogens with two attached hydrogens (primary N) is 1. The lowest BCUT2D eigenvalue weighted by Gasteiger charge is -2.33. The first kappa shape index (κ1) is 28.1. The van der Waals surface area contributed by atoms with Crippen LogP contribution in [0, 0.1) is 23.5 Å². The summed E-state index contributed by atoms with van der Waals surface area (Å²) in [5.74, 6) is -5.51. The lowest BCUT2D eigenvalue weighted by atomic mass is 9.78. The van der Waals surface area contributed by atoms with Crippen LogP contribution >= 0.6 is 0 Å². The molecule has 0 saturated heterocycles. The normalized spacial score (nSPS) is 19.5. The fourth-order valence-electron chi connectivity index (χ4n) is 4.42. The molecule has 0 radical (unpaired) electrons. The van der Waals surface area contributed by atoms with E-state index in [4.69, 9.17) is 10.5 Å². The molecule has 2 heterocycles. The Morgan fingerprint density at radius 3 is 2.65 bits per heavy atom. The summed E-state index contributed by atoms with van der Waals surface area (Å²) in [6.45, 7) is 6.22. The molecule has 1 saturated carbocycles. The van der Waals surface area contributed by atoms with Crippen LogP contribution in [0.5, 0.6) is 5.75 Å². The van der Waals surface area contributed by atoms with Gasteiger partial charge in [-0.2, -0.15) is 4.39 Å². The van der Waals surface area contributed by atoms with E-state index in [1.165, 1.54) is 30.5 Å². The van der Waals surface area contributed by atoms with Gasteiger partial charge in [0.2, 0.25) is 11.7 Å². The van der Waals surface area contributed by atoms with Crippen molar-refractivity contribution in [3.05, 3.63) is 69.8 Å². The molecular formula is C27H31F4N3O3. The number of fused-ring (bicyclic) bond motifs is 1. The number of pyridine rings is 2. The van der Waals surface area contributed by atoms with Crippen LogP contribution in [0.1, 0.15) is 68.6 Å². The van der Waals surface area contributed by atoms with E-state index in [9.17, 15) is 27.2 Å². The number of carbonyl (C=O) groups excluding carboxylic acids is 1. The molecule has 10 heteroatoms. The van der Waals surface area contributed by atoms with Crippen molar-refractivity contribution in [1.82, 2.24) is 9.97 Å². The summed E-state index contributed by atoms with van der Waals surface area (Å²) in [6.07, 6.45) is 2.49. The maximum absolute atomic E-state index is 13.8. The maximum atomic E-state index is 13.8. The number of H-pyrrole nitrogens is 1. The van der Waals surface area contributed by atoms with Crippen LogP contribution in [-0.2, 0) is 0 Å². The Labute approximate surface area is 212 Å². The zero-order chi connectivity index (χ0) is 27.3. The lowest BCUT2D eigenvalue weighted by molar-refractivity contribution is -0.0574. The molecule has 3 atom stereocenters. The molecule has 0 aliphatic heterocycles. The van der Waals surface area contributed by atoms with Crippen LogP contribution in [0.3, 0.4) is 0 Å². The van der Waals surface area contributed by atoms with Gasteiger partial charge in [-0.3, -0.25) is 14.6 Å². The van der Waals surface area contributed by atoms with Gasteiger partial charge in [0, 0.05) is 36.7 Å². The van der Waals surface area contributed by atoms with E-state index < -0.39 is 34.8 Å². The molecule has 2 aromatic heterocycles. The van der Waals surface area contributed by atoms with Crippen LogP contribution in [0.2, 0.25) is 0 Å². The Bertz CT molecular complexity index is 1310. The Kier molecular flexibility index (Phi) is 8.94. The van der Waals surface area contributed by atoms with Gasteiger partial charge in [-0.05, 0) is 36.5 Å². The number of rotatable bonds is 6. The van der Waals surface area contributed by atoms with E-state index in [0.29, 0.717) is 30.2 Å². The Hall–Kier alpha value is -3.43. The smallest absolute Gasteiger partial charge is 0.268 e. The largest absolute Gasteiger partial charge is 0.490 e. The monoisotopic (exact) mass is 521 g/mol. The van der Waals surface area contributed by atoms with E-state index in [0.717, 1.165) is 12.5 Å². The number of nitrogens with one attached hydrogen (secondary N) is 1. The number of carbonyl (C=O) groups is 1. The van der Waals surface area contributed by atoms with Gasteiger partial charge in [0.05, 0.1) is 17.5 Å². The Morgan fingerprint density at radius 2 is 2.00 bits per heavy atom. The number of nitrogens with zero attached hydrogens (tertiary/aromatic N) is 1. The fourth-order valence-corrected chi connectivity index (χ4v) is 4.42. The molecule has 0 spiro atoms. The second kappa shape index (κ2) is 11.7. The summed E-state index contributed by atoms with van der Waals surface area (Å²) in [6, 6.07) is 6.77. The standard InChI is InChI=1S/C16H17F2N3O2.C11H14F2O/c1-8-4-9(7-16(17,18)6-8)11-5-12(22)13-10(21-11)2-3-20-14(13)15(19)23;1-3-8(2)7-14-10-6-4-5-9(12)11(10)13/h2-3,5,8-9H,4,6-7H2,1H3,(H2,19,23)(H,21,22);4-6,8H,3,7H2,1-2H3/t;8-/m.1/s1. The predicted molar refractivity (Wildman–Crippen MR) is 133 cm³/mol. The number of ether oxygens (including phenoxy) is 1. The van der Waals surface area contributed by atoms with Gasteiger partial charge in [0.25, 0.3) is 5.91 Å². The van der Waals surface area contributed by atoms with E-state index in [1.54, 1.807) is 6.92 Å². The van der Waals surface area contributed by atoms with Gasteiger partial charge < -0.3 is 15.5 Å². The number of aromatic nitrogens is 2. The van der Waals surface area contributed by atoms with E-state index in [2.05, 4.69) is 9.97 Å². The summed E-state index contributed by atoms with van der Waals surface area (Å²) in [4.78, 5) is 30.6. The van der Waals surface area contributed by atoms with E-state index in [-0.39, 0.29) is 35.6 Å². The molecule has 37 heavy (non-hydrogen) atoms. The minimum Gasteiger partial charge on any atom is -0.490 e. The lowest BCUT2D eigenvalue weighted by Crippen LogP contribution is -2.30. The molecule has 2 unspecified atom stereocenters. The van der Waals surface area contributed by atoms with E-state index >= 15 is 0 Å². The van der Waals surface area contributed by atoms with Crippen LogP contribution in [0.25, 0.3) is 10.9 Å². The molecule has 200 valence electrons. The molecule has 4 rings (SSSR count). The highest BCUT2D eigenvalue weighted by Gasteiger charge is 2.40. The maximum Gasteiger partial charge on any atom is 0.268 e. The number of hydrogen-bond acceptors (Lipinski definition) is 4. The average Bonchev–Trinajstić information content (AvgIpc) is 2.83. The topological polar surface area (TPSA) is 98.1 Å². The second-order valence-electron chi connectivity index (χ2n) is 9.71. The minimum atomic E-state index is -2.73. The average molecular weight is 522 g/mol. The SMILES string of the molecule is CC1CC(c2cc(=O)c3c(C(N)=O)nccc3[nH]2)CC(F)(F)C1.CC[C@@H](C)COc1cccc(F)c1F. The number of halogens is 4. The number of hydrogen-bond donors (Lipinski definition) is 2. The fraction of sp³-hybridized carbons (Fsp3) is 0.444. The van der Waals surface area contributed by atoms with Gasteiger partial charge >= 0.3 is 0 Å². The summed E-state index contributed by atoms with van der Waals surface area (Å²) in [5.41, 5.74) is 5.54. The third kappa shape index (κ3) is 7.08. The van der Waals surface area contributed by atoms with Gasteiger partial charge in [-0.25, -0.2) is 13.2 Å². The zero-order valence-electron chi connectivity index (χ0n) is 21.0. The van der Waals surface area contributed by atoms with Crippen molar-refractivity contribution in [1.29, 1.82) is 0 Å². The van der Waals surface area contributed by atoms with Crippen LogP contribution in [-0.4, -0.2) is 28.4 Å². The first-order valence-electron chi connectivity index (χ1n) is 12.2. The summed E-state index contributed by atoms with van der Waals surface area (Å²) >= 11 is 0. The first-order valence-corrected chi connectivity index (χ1v) is 12.2. The molecule has 3 N–H and O–H groups in total. The molecule has 1 aliphatic rings. The van der Waals surface area contributed by atoms with Gasteiger partial charge in [-0.1, -0.05) is 33.3 Å². The quantitative estimate of drug-likeness (QED) is 0.392. The van der Waals surface area contributed by atoms with Crippen molar-refractivity contribution in [3.63, 3.8) is 0 Å². The van der Waals surface area contributed by atoms with Crippen LogP contribution in [0.4, 0.5) is 17.6 Å². The highest BCUT2D eigenvalue weighted by atomic mass is 19.3. The van der Waals surface area contributed by atoms with Crippen molar-refractivity contribution in [3.8, 4) is 5.75 Å². The molecule has 1 amide bonds. The molecule has 0 bridgehead atoms. The number of amides is 1. The van der Waals surface area contributed by atoms with Gasteiger partial charge in [0.1, 0.15) is 5.69 Å². The van der Waals surface area contributed by atoms with E-state index in [1.807, 2.05) is 13.8 Å². The number of aromatic amines is 1. The third-order valence-electron chi connectivity index (χ3n) is 6.45. The number of primary amides is 1. The summed E-state index contributed by atoms with van der Waals surface area (Å²) in [5, 5.41) is 0.0966. The van der Waals surface area contributed by atoms with Crippen molar-refractivity contribution in [2.24, 2.45) is 17.6 Å². The van der Waals surface area contributed by atoms with Crippen molar-refractivity contribution in [2.45, 2.75) is 58.3 Å². The minimum absolute atomic E-state index is 0.00898. The summed E-state index contributed by atoms with van der Waals surface area (Å²) < 4.78 is 58.6. The highest BCUT2D eigenvalue weighted by Crippen LogP contribution is 2.43. The Balaban J connectivity index is 0.000000233. The molecule has 3 aromatic rings. The highest BCUT2D eigenvalue weighted by molar-refractivity contribution is 6.03. The molecule has 1 fully saturated rings. The third-order valence-corrected chi connectivity index (χ3v) is 6.45. The van der Waals surface area contributed by atoms with Crippen LogP contribution < -0.4 is 15.9 Å². The predicted octanol–water partition coefficient (Wildman–Crippen LogP) is 5.95. The van der Waals surface area contributed by atoms with Crippen molar-refractivity contribution < 1.29 is 27.1 Å². The number of benzene rings is 1. The van der Waals surface area contributed by atoms with Gasteiger partial charge in [-0.15, -0.1) is 0 Å².